The second-order valence-corrected chi connectivity index (χ2v) is 6.77. The van der Waals surface area contributed by atoms with E-state index in [0.717, 1.165) is 26.0 Å². The Bertz CT molecular complexity index is 282. The van der Waals surface area contributed by atoms with Gasteiger partial charge in [0.15, 0.2) is 0 Å². The lowest BCUT2D eigenvalue weighted by Crippen LogP contribution is -2.29. The lowest BCUT2D eigenvalue weighted by atomic mass is 10.1. The van der Waals surface area contributed by atoms with Crippen LogP contribution in [0.5, 0.6) is 0 Å². The molecule has 0 unspecified atom stereocenters. The van der Waals surface area contributed by atoms with E-state index >= 15 is 0 Å². The molecule has 5 heteroatoms. The summed E-state index contributed by atoms with van der Waals surface area (Å²) in [6.45, 7) is 13.1. The molecule has 0 atom stereocenters. The van der Waals surface area contributed by atoms with Crippen molar-refractivity contribution in [3.8, 4) is 0 Å². The minimum atomic E-state index is 0.144. The van der Waals surface area contributed by atoms with Crippen molar-refractivity contribution in [3.05, 3.63) is 0 Å². The maximum absolute atomic E-state index is 11.8. The number of ether oxygens (including phenoxy) is 3. The van der Waals surface area contributed by atoms with E-state index in [1.807, 2.05) is 7.05 Å². The minimum Gasteiger partial charge on any atom is -0.379 e. The Balaban J connectivity index is 3.30. The number of rotatable bonds is 15. The third-order valence-corrected chi connectivity index (χ3v) is 3.51. The van der Waals surface area contributed by atoms with Crippen molar-refractivity contribution < 1.29 is 19.0 Å². The van der Waals surface area contributed by atoms with Gasteiger partial charge in [-0.1, -0.05) is 27.7 Å². The summed E-state index contributed by atoms with van der Waals surface area (Å²) in [5, 5.41) is 0. The summed E-state index contributed by atoms with van der Waals surface area (Å²) in [4.78, 5) is 13.6. The molecule has 138 valence electrons. The van der Waals surface area contributed by atoms with Crippen molar-refractivity contribution in [2.45, 2.75) is 47.0 Å². The molecule has 0 saturated heterocycles. The third-order valence-electron chi connectivity index (χ3n) is 3.51. The highest BCUT2D eigenvalue weighted by Gasteiger charge is 2.08. The van der Waals surface area contributed by atoms with Gasteiger partial charge in [0.25, 0.3) is 0 Å². The first-order chi connectivity index (χ1) is 10.9. The van der Waals surface area contributed by atoms with Gasteiger partial charge in [0, 0.05) is 20.2 Å². The van der Waals surface area contributed by atoms with Gasteiger partial charge in [-0.25, -0.2) is 0 Å². The Morgan fingerprint density at radius 3 is 1.78 bits per heavy atom. The first-order valence-corrected chi connectivity index (χ1v) is 8.90. The van der Waals surface area contributed by atoms with Crippen molar-refractivity contribution in [1.82, 2.24) is 4.90 Å². The maximum atomic E-state index is 11.8. The van der Waals surface area contributed by atoms with Gasteiger partial charge in [-0.3, -0.25) is 4.79 Å². The van der Waals surface area contributed by atoms with Crippen LogP contribution in [-0.4, -0.2) is 64.0 Å². The Morgan fingerprint density at radius 1 is 0.783 bits per heavy atom. The largest absolute Gasteiger partial charge is 0.379 e. The molecule has 0 aliphatic carbocycles. The lowest BCUT2D eigenvalue weighted by Gasteiger charge is -2.18. The van der Waals surface area contributed by atoms with Gasteiger partial charge in [0.05, 0.1) is 39.5 Å². The van der Waals surface area contributed by atoms with Gasteiger partial charge >= 0.3 is 0 Å². The smallest absolute Gasteiger partial charge is 0.224 e. The standard InChI is InChI=1S/C18H37NO4/c1-16(2)6-9-19(5)18(20)8-11-22-13-15-23-14-12-21-10-7-17(3)4/h16-17H,6-15H2,1-5H3. The van der Waals surface area contributed by atoms with Crippen LogP contribution in [0.4, 0.5) is 0 Å². The average Bonchev–Trinajstić information content (AvgIpc) is 2.49. The first kappa shape index (κ1) is 22.4. The highest BCUT2D eigenvalue weighted by atomic mass is 16.5. The van der Waals surface area contributed by atoms with Gasteiger partial charge < -0.3 is 19.1 Å². The first-order valence-electron chi connectivity index (χ1n) is 8.90. The zero-order chi connectivity index (χ0) is 17.5. The molecule has 0 spiro atoms. The normalized spacial score (nSPS) is 11.4. The van der Waals surface area contributed by atoms with Crippen LogP contribution in [0.15, 0.2) is 0 Å². The van der Waals surface area contributed by atoms with Crippen LogP contribution >= 0.6 is 0 Å². The zero-order valence-electron chi connectivity index (χ0n) is 15.8. The topological polar surface area (TPSA) is 48.0 Å². The molecule has 1 amide bonds. The minimum absolute atomic E-state index is 0.144. The van der Waals surface area contributed by atoms with Crippen LogP contribution in [0, 0.1) is 11.8 Å². The molecular weight excluding hydrogens is 294 g/mol. The summed E-state index contributed by atoms with van der Waals surface area (Å²) in [6.07, 6.45) is 2.56. The Kier molecular flexibility index (Phi) is 14.5. The fourth-order valence-corrected chi connectivity index (χ4v) is 1.79. The fraction of sp³-hybridized carbons (Fsp3) is 0.944. The predicted molar refractivity (Wildman–Crippen MR) is 93.6 cm³/mol. The zero-order valence-corrected chi connectivity index (χ0v) is 15.8. The number of hydrogen-bond acceptors (Lipinski definition) is 4. The molecule has 23 heavy (non-hydrogen) atoms. The van der Waals surface area contributed by atoms with Crippen LogP contribution in [0.2, 0.25) is 0 Å². The summed E-state index contributed by atoms with van der Waals surface area (Å²) < 4.78 is 16.3. The number of nitrogens with zero attached hydrogens (tertiary/aromatic N) is 1. The maximum Gasteiger partial charge on any atom is 0.224 e. The number of amides is 1. The molecule has 0 aromatic rings. The van der Waals surface area contributed by atoms with E-state index in [-0.39, 0.29) is 5.91 Å². The van der Waals surface area contributed by atoms with E-state index in [9.17, 15) is 4.79 Å². The van der Waals surface area contributed by atoms with Crippen molar-refractivity contribution >= 4 is 5.91 Å². The molecule has 5 nitrogen and oxygen atoms in total. The second kappa shape index (κ2) is 14.9. The van der Waals surface area contributed by atoms with E-state index in [4.69, 9.17) is 14.2 Å². The Labute approximate surface area is 142 Å². The van der Waals surface area contributed by atoms with Gasteiger partial charge in [0.2, 0.25) is 5.91 Å². The summed E-state index contributed by atoms with van der Waals surface area (Å²) in [5.41, 5.74) is 0. The van der Waals surface area contributed by atoms with E-state index < -0.39 is 0 Å². The molecule has 0 aliphatic heterocycles. The fourth-order valence-electron chi connectivity index (χ4n) is 1.79. The molecule has 0 heterocycles. The van der Waals surface area contributed by atoms with Crippen LogP contribution in [0.1, 0.15) is 47.0 Å². The van der Waals surface area contributed by atoms with Gasteiger partial charge in [-0.05, 0) is 24.7 Å². The molecule has 0 radical (unpaired) electrons. The van der Waals surface area contributed by atoms with Crippen LogP contribution < -0.4 is 0 Å². The van der Waals surface area contributed by atoms with E-state index in [1.54, 1.807) is 4.90 Å². The number of carbonyl (C=O) groups excluding carboxylic acids is 1. The summed E-state index contributed by atoms with van der Waals surface area (Å²) in [6, 6.07) is 0. The summed E-state index contributed by atoms with van der Waals surface area (Å²) in [7, 11) is 1.85. The molecule has 0 bridgehead atoms. The quantitative estimate of drug-likeness (QED) is 0.433. The SMILES string of the molecule is CC(C)CCOCCOCCOCCC(=O)N(C)CCC(C)C. The predicted octanol–water partition coefficient (Wildman–Crippen LogP) is 2.98. The molecular formula is C18H37NO4. The van der Waals surface area contributed by atoms with Gasteiger partial charge in [-0.15, -0.1) is 0 Å². The van der Waals surface area contributed by atoms with Crippen molar-refractivity contribution in [3.63, 3.8) is 0 Å². The molecule has 0 aromatic heterocycles. The number of carbonyl (C=O) groups is 1. The number of hydrogen-bond donors (Lipinski definition) is 0. The average molecular weight is 331 g/mol. The summed E-state index contributed by atoms with van der Waals surface area (Å²) in [5.74, 6) is 1.44. The van der Waals surface area contributed by atoms with Crippen molar-refractivity contribution in [1.29, 1.82) is 0 Å². The van der Waals surface area contributed by atoms with Gasteiger partial charge in [0.1, 0.15) is 0 Å². The van der Waals surface area contributed by atoms with Crippen molar-refractivity contribution in [2.24, 2.45) is 11.8 Å². The van der Waals surface area contributed by atoms with Crippen LogP contribution in [-0.2, 0) is 19.0 Å². The highest BCUT2D eigenvalue weighted by molar-refractivity contribution is 5.75. The van der Waals surface area contributed by atoms with Crippen molar-refractivity contribution in [2.75, 3.05) is 53.2 Å². The van der Waals surface area contributed by atoms with Crippen LogP contribution in [0.25, 0.3) is 0 Å². The lowest BCUT2D eigenvalue weighted by molar-refractivity contribution is -0.131. The van der Waals surface area contributed by atoms with E-state index in [1.165, 1.54) is 0 Å². The molecule has 0 fully saturated rings. The molecule has 0 N–H and O–H groups in total. The van der Waals surface area contributed by atoms with E-state index in [0.29, 0.717) is 51.3 Å². The third kappa shape index (κ3) is 16.0. The monoisotopic (exact) mass is 331 g/mol. The molecule has 0 rings (SSSR count). The molecule has 0 saturated carbocycles. The van der Waals surface area contributed by atoms with E-state index in [2.05, 4.69) is 27.7 Å². The van der Waals surface area contributed by atoms with Gasteiger partial charge in [-0.2, -0.15) is 0 Å². The second-order valence-electron chi connectivity index (χ2n) is 6.77. The Morgan fingerprint density at radius 2 is 1.26 bits per heavy atom. The van der Waals surface area contributed by atoms with Crippen LogP contribution in [0.3, 0.4) is 0 Å². The summed E-state index contributed by atoms with van der Waals surface area (Å²) >= 11 is 0. The Hall–Kier alpha value is -0.650. The highest BCUT2D eigenvalue weighted by Crippen LogP contribution is 2.02. The molecule has 0 aliphatic rings. The molecule has 0 aromatic carbocycles.